The summed E-state index contributed by atoms with van der Waals surface area (Å²) >= 11 is 3.43. The van der Waals surface area contributed by atoms with E-state index in [0.717, 1.165) is 29.7 Å². The minimum absolute atomic E-state index is 0. The van der Waals surface area contributed by atoms with Crippen molar-refractivity contribution in [2.24, 2.45) is 11.7 Å². The number of benzene rings is 1. The van der Waals surface area contributed by atoms with E-state index in [1.165, 1.54) is 0 Å². The molecule has 1 aromatic carbocycles. The van der Waals surface area contributed by atoms with Crippen LogP contribution in [0.5, 0.6) is 0 Å². The lowest BCUT2D eigenvalue weighted by Crippen LogP contribution is -2.48. The van der Waals surface area contributed by atoms with Crippen molar-refractivity contribution in [3.05, 3.63) is 28.7 Å². The van der Waals surface area contributed by atoms with E-state index in [9.17, 15) is 9.59 Å². The molecule has 1 aliphatic rings. The number of amides is 2. The lowest BCUT2D eigenvalue weighted by molar-refractivity contribution is -0.127. The van der Waals surface area contributed by atoms with Crippen LogP contribution < -0.4 is 21.3 Å². The maximum Gasteiger partial charge on any atom is 0.239 e. The average Bonchev–Trinajstić information content (AvgIpc) is 3.00. The molecular formula is C17H27BrCl2N4O2. The Morgan fingerprint density at radius 3 is 2.46 bits per heavy atom. The zero-order valence-electron chi connectivity index (χ0n) is 14.9. The van der Waals surface area contributed by atoms with E-state index < -0.39 is 6.04 Å². The van der Waals surface area contributed by atoms with Gasteiger partial charge in [0.2, 0.25) is 11.8 Å². The van der Waals surface area contributed by atoms with Crippen molar-refractivity contribution in [2.45, 2.75) is 32.4 Å². The summed E-state index contributed by atoms with van der Waals surface area (Å²) in [5.41, 5.74) is 6.89. The Kier molecular flexibility index (Phi) is 11.2. The summed E-state index contributed by atoms with van der Waals surface area (Å²) < 4.78 is 1.05. The second-order valence-electron chi connectivity index (χ2n) is 6.46. The highest BCUT2D eigenvalue weighted by atomic mass is 79.9. The van der Waals surface area contributed by atoms with E-state index >= 15 is 0 Å². The molecule has 0 spiro atoms. The third-order valence-corrected chi connectivity index (χ3v) is 4.72. The summed E-state index contributed by atoms with van der Waals surface area (Å²) in [7, 11) is 0. The highest BCUT2D eigenvalue weighted by molar-refractivity contribution is 9.10. The summed E-state index contributed by atoms with van der Waals surface area (Å²) in [4.78, 5) is 26.0. The smallest absolute Gasteiger partial charge is 0.239 e. The fourth-order valence-corrected chi connectivity index (χ4v) is 2.90. The number of carbonyl (C=O) groups excluding carboxylic acids is 2. The van der Waals surface area contributed by atoms with Crippen LogP contribution in [0.3, 0.4) is 0 Å². The molecular weight excluding hydrogens is 443 g/mol. The van der Waals surface area contributed by atoms with E-state index in [-0.39, 0.29) is 55.1 Å². The lowest BCUT2D eigenvalue weighted by Gasteiger charge is -2.19. The Morgan fingerprint density at radius 2 is 1.88 bits per heavy atom. The molecule has 0 bridgehead atoms. The molecule has 148 valence electrons. The highest BCUT2D eigenvalue weighted by Crippen LogP contribution is 2.22. The molecule has 1 fully saturated rings. The summed E-state index contributed by atoms with van der Waals surface area (Å²) in [6.07, 6.45) is 0.890. The van der Waals surface area contributed by atoms with Crippen molar-refractivity contribution in [2.75, 3.05) is 24.5 Å². The van der Waals surface area contributed by atoms with E-state index in [2.05, 4.69) is 43.6 Å². The molecule has 2 rings (SSSR count). The van der Waals surface area contributed by atoms with Crippen molar-refractivity contribution < 1.29 is 9.59 Å². The number of hydrogen-bond acceptors (Lipinski definition) is 4. The van der Waals surface area contributed by atoms with Gasteiger partial charge in [-0.2, -0.15) is 0 Å². The van der Waals surface area contributed by atoms with Crippen LogP contribution in [0.1, 0.15) is 20.3 Å². The topological polar surface area (TPSA) is 87.5 Å². The highest BCUT2D eigenvalue weighted by Gasteiger charge is 2.24. The number of nitrogens with zero attached hydrogens (tertiary/aromatic N) is 1. The van der Waals surface area contributed by atoms with Crippen molar-refractivity contribution in [3.8, 4) is 0 Å². The van der Waals surface area contributed by atoms with Gasteiger partial charge in [0.1, 0.15) is 0 Å². The summed E-state index contributed by atoms with van der Waals surface area (Å²) in [6, 6.07) is 7.64. The van der Waals surface area contributed by atoms with E-state index in [1.54, 1.807) is 0 Å². The Hall–Kier alpha value is -1.02. The van der Waals surface area contributed by atoms with Crippen LogP contribution in [0.15, 0.2) is 28.7 Å². The molecule has 1 aliphatic heterocycles. The molecule has 6 nitrogen and oxygen atoms in total. The molecule has 0 saturated carbocycles. The van der Waals surface area contributed by atoms with Gasteiger partial charge in [-0.25, -0.2) is 0 Å². The average molecular weight is 470 g/mol. The predicted octanol–water partition coefficient (Wildman–Crippen LogP) is 2.09. The molecule has 0 aliphatic carbocycles. The minimum Gasteiger partial charge on any atom is -0.369 e. The van der Waals surface area contributed by atoms with E-state index in [4.69, 9.17) is 5.73 Å². The largest absolute Gasteiger partial charge is 0.369 e. The Balaban J connectivity index is 0.00000312. The van der Waals surface area contributed by atoms with Crippen LogP contribution in [0.2, 0.25) is 0 Å². The van der Waals surface area contributed by atoms with Gasteiger partial charge >= 0.3 is 0 Å². The molecule has 2 atom stereocenters. The SMILES string of the molecule is CC(C)[C@H](N)C(=O)NCC(=O)NC1CCN(c2ccc(Br)cc2)C1.Cl.Cl. The van der Waals surface area contributed by atoms with Gasteiger partial charge in [-0.05, 0) is 36.6 Å². The first kappa shape index (κ1) is 25.0. The Bertz CT molecular complexity index is 587. The monoisotopic (exact) mass is 468 g/mol. The van der Waals surface area contributed by atoms with Gasteiger partial charge in [0.15, 0.2) is 0 Å². The number of nitrogens with one attached hydrogen (secondary N) is 2. The molecule has 1 saturated heterocycles. The summed E-state index contributed by atoms with van der Waals surface area (Å²) in [5, 5.41) is 5.56. The van der Waals surface area contributed by atoms with Crippen molar-refractivity contribution >= 4 is 58.2 Å². The number of nitrogens with two attached hydrogens (primary N) is 1. The first-order valence-electron chi connectivity index (χ1n) is 8.20. The maximum atomic E-state index is 12.0. The van der Waals surface area contributed by atoms with E-state index in [1.807, 2.05) is 26.0 Å². The minimum atomic E-state index is -0.586. The van der Waals surface area contributed by atoms with Gasteiger partial charge in [0.05, 0.1) is 12.6 Å². The number of rotatable bonds is 6. The van der Waals surface area contributed by atoms with Gasteiger partial charge in [-0.15, -0.1) is 24.8 Å². The van der Waals surface area contributed by atoms with Crippen LogP contribution in [0.25, 0.3) is 0 Å². The molecule has 9 heteroatoms. The van der Waals surface area contributed by atoms with Crippen LogP contribution in [0.4, 0.5) is 5.69 Å². The van der Waals surface area contributed by atoms with Crippen molar-refractivity contribution in [3.63, 3.8) is 0 Å². The Labute approximate surface area is 175 Å². The standard InChI is InChI=1S/C17H25BrN4O2.2ClH/c1-11(2)16(19)17(24)20-9-15(23)21-13-7-8-22(10-13)14-5-3-12(18)4-6-14;;/h3-6,11,13,16H,7-10,19H2,1-2H3,(H,20,24)(H,21,23);2*1H/t13?,16-;;/m0../s1. The van der Waals surface area contributed by atoms with Gasteiger partial charge in [-0.3, -0.25) is 9.59 Å². The fraction of sp³-hybridized carbons (Fsp3) is 0.529. The molecule has 2 amide bonds. The maximum absolute atomic E-state index is 12.0. The van der Waals surface area contributed by atoms with Crippen molar-refractivity contribution in [1.29, 1.82) is 0 Å². The first-order valence-corrected chi connectivity index (χ1v) is 8.99. The van der Waals surface area contributed by atoms with Gasteiger partial charge in [0.25, 0.3) is 0 Å². The van der Waals surface area contributed by atoms with E-state index in [0.29, 0.717) is 0 Å². The third-order valence-electron chi connectivity index (χ3n) is 4.19. The second kappa shape index (κ2) is 11.6. The molecule has 26 heavy (non-hydrogen) atoms. The van der Waals surface area contributed by atoms with Crippen LogP contribution in [0, 0.1) is 5.92 Å². The molecule has 1 heterocycles. The van der Waals surface area contributed by atoms with Crippen LogP contribution in [-0.2, 0) is 9.59 Å². The van der Waals surface area contributed by atoms with Crippen molar-refractivity contribution in [1.82, 2.24) is 10.6 Å². The zero-order chi connectivity index (χ0) is 17.7. The first-order chi connectivity index (χ1) is 11.4. The molecule has 0 aromatic heterocycles. The predicted molar refractivity (Wildman–Crippen MR) is 113 cm³/mol. The zero-order valence-corrected chi connectivity index (χ0v) is 18.1. The molecule has 0 radical (unpaired) electrons. The number of anilines is 1. The molecule has 1 unspecified atom stereocenters. The van der Waals surface area contributed by atoms with Gasteiger partial charge in [-0.1, -0.05) is 29.8 Å². The van der Waals surface area contributed by atoms with Gasteiger partial charge < -0.3 is 21.3 Å². The third kappa shape index (κ3) is 7.31. The fourth-order valence-electron chi connectivity index (χ4n) is 2.63. The molecule has 1 aromatic rings. The normalized spacial score (nSPS) is 17.1. The quantitative estimate of drug-likeness (QED) is 0.595. The number of hydrogen-bond donors (Lipinski definition) is 3. The Morgan fingerprint density at radius 1 is 1.27 bits per heavy atom. The second-order valence-corrected chi connectivity index (χ2v) is 7.38. The van der Waals surface area contributed by atoms with Crippen LogP contribution >= 0.6 is 40.7 Å². The summed E-state index contributed by atoms with van der Waals surface area (Å²) in [6.45, 7) is 5.39. The molecule has 4 N–H and O–H groups in total. The number of carbonyl (C=O) groups is 2. The lowest BCUT2D eigenvalue weighted by atomic mass is 10.1. The summed E-state index contributed by atoms with van der Waals surface area (Å²) in [5.74, 6) is -0.424. The number of halogens is 3. The van der Waals surface area contributed by atoms with Gasteiger partial charge in [0, 0.05) is 29.3 Å². The van der Waals surface area contributed by atoms with Crippen LogP contribution in [-0.4, -0.2) is 43.5 Å².